The van der Waals surface area contributed by atoms with Crippen LogP contribution in [0.3, 0.4) is 0 Å². The van der Waals surface area contributed by atoms with Crippen molar-refractivity contribution < 1.29 is 23.1 Å². The lowest BCUT2D eigenvalue weighted by molar-refractivity contribution is -0.145. The summed E-state index contributed by atoms with van der Waals surface area (Å²) >= 11 is 0. The number of carbonyl (C=O) groups excluding carboxylic acids is 1. The van der Waals surface area contributed by atoms with Crippen LogP contribution >= 0.6 is 0 Å². The third-order valence-electron chi connectivity index (χ3n) is 4.37. The molecule has 20 heavy (non-hydrogen) atoms. The van der Waals surface area contributed by atoms with Gasteiger partial charge in [-0.3, -0.25) is 9.59 Å². The number of rotatable bonds is 4. The molecule has 6 nitrogen and oxygen atoms in total. The van der Waals surface area contributed by atoms with Crippen molar-refractivity contribution in [2.24, 2.45) is 17.8 Å². The molecule has 2 aliphatic rings. The van der Waals surface area contributed by atoms with Crippen molar-refractivity contribution in [3.05, 3.63) is 0 Å². The van der Waals surface area contributed by atoms with Crippen LogP contribution in [-0.2, 0) is 19.4 Å². The Bertz CT molecular complexity index is 487. The third kappa shape index (κ3) is 3.71. The van der Waals surface area contributed by atoms with E-state index in [1.165, 1.54) is 0 Å². The van der Waals surface area contributed by atoms with Crippen molar-refractivity contribution in [3.63, 3.8) is 0 Å². The molecule has 1 aliphatic carbocycles. The van der Waals surface area contributed by atoms with Gasteiger partial charge in [-0.2, -0.15) is 0 Å². The fraction of sp³-hybridized carbons (Fsp3) is 0.846. The van der Waals surface area contributed by atoms with Crippen LogP contribution in [0.5, 0.6) is 0 Å². The lowest BCUT2D eigenvalue weighted by atomic mass is 9.79. The van der Waals surface area contributed by atoms with Crippen LogP contribution in [0.2, 0.25) is 0 Å². The van der Waals surface area contributed by atoms with E-state index in [0.29, 0.717) is 19.4 Å². The summed E-state index contributed by atoms with van der Waals surface area (Å²) in [6.07, 6.45) is 3.75. The molecule has 0 spiro atoms. The van der Waals surface area contributed by atoms with Crippen molar-refractivity contribution in [2.45, 2.75) is 32.1 Å². The van der Waals surface area contributed by atoms with Gasteiger partial charge in [0.15, 0.2) is 9.84 Å². The predicted molar refractivity (Wildman–Crippen MR) is 72.9 cm³/mol. The average Bonchev–Trinajstić information content (AvgIpc) is 2.76. The fourth-order valence-corrected chi connectivity index (χ4v) is 4.90. The summed E-state index contributed by atoms with van der Waals surface area (Å²) in [5.41, 5.74) is 0. The van der Waals surface area contributed by atoms with Gasteiger partial charge in [-0.25, -0.2) is 8.42 Å². The average molecular weight is 303 g/mol. The molecule has 0 bridgehead atoms. The van der Waals surface area contributed by atoms with Crippen LogP contribution < -0.4 is 5.32 Å². The second kappa shape index (κ2) is 6.11. The second-order valence-electron chi connectivity index (χ2n) is 5.83. The molecule has 1 amide bonds. The molecule has 0 aromatic carbocycles. The standard InChI is InChI=1S/C13H21NO5S/c15-12(10-5-6-20(18,19)8-10)14-7-9-3-1-2-4-11(9)13(16)17/h9-11H,1-8H2,(H,14,15)(H,16,17). The molecule has 1 saturated heterocycles. The molecule has 0 radical (unpaired) electrons. The Balaban J connectivity index is 1.85. The molecular weight excluding hydrogens is 282 g/mol. The van der Waals surface area contributed by atoms with Gasteiger partial charge in [0, 0.05) is 6.54 Å². The number of hydrogen-bond acceptors (Lipinski definition) is 4. The van der Waals surface area contributed by atoms with Gasteiger partial charge in [-0.1, -0.05) is 12.8 Å². The summed E-state index contributed by atoms with van der Waals surface area (Å²) in [6, 6.07) is 0. The number of carboxylic acid groups (broad SMARTS) is 1. The summed E-state index contributed by atoms with van der Waals surface area (Å²) < 4.78 is 22.7. The number of sulfone groups is 1. The highest BCUT2D eigenvalue weighted by Crippen LogP contribution is 2.30. The zero-order chi connectivity index (χ0) is 14.8. The van der Waals surface area contributed by atoms with E-state index in [4.69, 9.17) is 5.11 Å². The van der Waals surface area contributed by atoms with E-state index < -0.39 is 27.6 Å². The van der Waals surface area contributed by atoms with Gasteiger partial charge >= 0.3 is 5.97 Å². The first-order valence-corrected chi connectivity index (χ1v) is 8.92. The first-order valence-electron chi connectivity index (χ1n) is 7.10. The Labute approximate surface area is 118 Å². The van der Waals surface area contributed by atoms with Crippen LogP contribution in [0, 0.1) is 17.8 Å². The van der Waals surface area contributed by atoms with Crippen molar-refractivity contribution in [1.29, 1.82) is 0 Å². The Morgan fingerprint density at radius 2 is 1.85 bits per heavy atom. The lowest BCUT2D eigenvalue weighted by Crippen LogP contribution is -2.39. The quantitative estimate of drug-likeness (QED) is 0.784. The number of hydrogen-bond donors (Lipinski definition) is 2. The minimum atomic E-state index is -3.06. The second-order valence-corrected chi connectivity index (χ2v) is 8.06. The van der Waals surface area contributed by atoms with E-state index in [2.05, 4.69) is 5.32 Å². The highest BCUT2D eigenvalue weighted by molar-refractivity contribution is 7.91. The normalized spacial score (nSPS) is 32.7. The minimum Gasteiger partial charge on any atom is -0.481 e. The van der Waals surface area contributed by atoms with Crippen LogP contribution in [0.15, 0.2) is 0 Å². The monoisotopic (exact) mass is 303 g/mol. The SMILES string of the molecule is O=C(NCC1CCCCC1C(=O)O)C1CCS(=O)(=O)C1. The topological polar surface area (TPSA) is 101 Å². The van der Waals surface area contributed by atoms with Gasteiger partial charge in [0.1, 0.15) is 0 Å². The summed E-state index contributed by atoms with van der Waals surface area (Å²) in [4.78, 5) is 23.1. The Morgan fingerprint density at radius 1 is 1.15 bits per heavy atom. The van der Waals surface area contributed by atoms with Gasteiger partial charge in [0.2, 0.25) is 5.91 Å². The Morgan fingerprint density at radius 3 is 2.45 bits per heavy atom. The molecule has 3 atom stereocenters. The molecule has 3 unspecified atom stereocenters. The smallest absolute Gasteiger partial charge is 0.306 e. The first-order chi connectivity index (χ1) is 9.39. The number of carbonyl (C=O) groups is 2. The molecule has 1 saturated carbocycles. The molecule has 114 valence electrons. The van der Waals surface area contributed by atoms with Gasteiger partial charge in [-0.05, 0) is 25.2 Å². The van der Waals surface area contributed by atoms with Crippen molar-refractivity contribution in [2.75, 3.05) is 18.1 Å². The van der Waals surface area contributed by atoms with Gasteiger partial charge in [-0.15, -0.1) is 0 Å². The number of amides is 1. The Hall–Kier alpha value is -1.11. The van der Waals surface area contributed by atoms with Gasteiger partial charge < -0.3 is 10.4 Å². The van der Waals surface area contributed by atoms with E-state index in [1.54, 1.807) is 0 Å². The third-order valence-corrected chi connectivity index (χ3v) is 6.14. The largest absolute Gasteiger partial charge is 0.481 e. The lowest BCUT2D eigenvalue weighted by Gasteiger charge is -2.28. The van der Waals surface area contributed by atoms with Crippen molar-refractivity contribution >= 4 is 21.7 Å². The van der Waals surface area contributed by atoms with Crippen molar-refractivity contribution in [3.8, 4) is 0 Å². The van der Waals surface area contributed by atoms with Crippen molar-refractivity contribution in [1.82, 2.24) is 5.32 Å². The van der Waals surface area contributed by atoms with E-state index in [9.17, 15) is 18.0 Å². The fourth-order valence-electron chi connectivity index (χ4n) is 3.15. The summed E-state index contributed by atoms with van der Waals surface area (Å²) in [6.45, 7) is 0.340. The molecule has 1 heterocycles. The summed E-state index contributed by atoms with van der Waals surface area (Å²) in [7, 11) is -3.06. The maximum Gasteiger partial charge on any atom is 0.306 e. The predicted octanol–water partition coefficient (Wildman–Crippen LogP) is 0.428. The molecule has 2 rings (SSSR count). The van der Waals surface area contributed by atoms with Crippen LogP contribution in [0.25, 0.3) is 0 Å². The minimum absolute atomic E-state index is 0.0387. The Kier molecular flexibility index (Phi) is 4.67. The molecule has 1 aliphatic heterocycles. The summed E-state index contributed by atoms with van der Waals surface area (Å²) in [5.74, 6) is -1.95. The zero-order valence-corrected chi connectivity index (χ0v) is 12.2. The molecule has 2 fully saturated rings. The maximum absolute atomic E-state index is 11.9. The highest BCUT2D eigenvalue weighted by atomic mass is 32.2. The molecule has 7 heteroatoms. The highest BCUT2D eigenvalue weighted by Gasteiger charge is 2.35. The van der Waals surface area contributed by atoms with E-state index >= 15 is 0 Å². The number of carboxylic acids is 1. The first kappa shape index (κ1) is 15.3. The van der Waals surface area contributed by atoms with E-state index in [-0.39, 0.29) is 23.3 Å². The molecule has 2 N–H and O–H groups in total. The van der Waals surface area contributed by atoms with Crippen LogP contribution in [0.4, 0.5) is 0 Å². The molecule has 0 aromatic heterocycles. The van der Waals surface area contributed by atoms with Gasteiger partial charge in [0.05, 0.1) is 23.3 Å². The van der Waals surface area contributed by atoms with E-state index in [1.807, 2.05) is 0 Å². The number of nitrogens with one attached hydrogen (secondary N) is 1. The van der Waals surface area contributed by atoms with Crippen LogP contribution in [0.1, 0.15) is 32.1 Å². The van der Waals surface area contributed by atoms with Crippen LogP contribution in [-0.4, -0.2) is 43.5 Å². The number of aliphatic carboxylic acids is 1. The summed E-state index contributed by atoms with van der Waals surface area (Å²) in [5, 5.41) is 11.9. The molecular formula is C13H21NO5S. The van der Waals surface area contributed by atoms with E-state index in [0.717, 1.165) is 19.3 Å². The zero-order valence-electron chi connectivity index (χ0n) is 11.4. The molecule has 0 aromatic rings. The van der Waals surface area contributed by atoms with Gasteiger partial charge in [0.25, 0.3) is 0 Å². The maximum atomic E-state index is 11.9.